The van der Waals surface area contributed by atoms with Gasteiger partial charge < -0.3 is 15.4 Å². The van der Waals surface area contributed by atoms with Crippen molar-refractivity contribution in [3.05, 3.63) is 0 Å². The molecule has 0 aromatic heterocycles. The van der Waals surface area contributed by atoms with Crippen molar-refractivity contribution in [1.29, 1.82) is 0 Å². The first-order valence-corrected chi connectivity index (χ1v) is 5.25. The summed E-state index contributed by atoms with van der Waals surface area (Å²) in [6, 6.07) is 0.0663. The Kier molecular flexibility index (Phi) is 4.35. The molecule has 0 aliphatic heterocycles. The summed E-state index contributed by atoms with van der Waals surface area (Å²) in [6.45, 7) is 3.32. The number of likely N-dealkylation sites (N-methyl/N-ethyl adjacent to an activating group) is 1. The number of rotatable bonds is 6. The van der Waals surface area contributed by atoms with Crippen LogP contribution in [0.4, 0.5) is 0 Å². The summed E-state index contributed by atoms with van der Waals surface area (Å²) in [5.41, 5.74) is 5.77. The quantitative estimate of drug-likeness (QED) is 0.673. The maximum Gasteiger partial charge on any atom is 0.239 e. The Morgan fingerprint density at radius 2 is 2.29 bits per heavy atom. The topological polar surface area (TPSA) is 55.6 Å². The van der Waals surface area contributed by atoms with Crippen LogP contribution in [-0.4, -0.2) is 43.2 Å². The molecule has 0 radical (unpaired) electrons. The molecule has 14 heavy (non-hydrogen) atoms. The van der Waals surface area contributed by atoms with Gasteiger partial charge in [-0.25, -0.2) is 0 Å². The van der Waals surface area contributed by atoms with Gasteiger partial charge in [0.05, 0.1) is 6.04 Å². The Labute approximate surface area is 85.4 Å². The minimum absolute atomic E-state index is 0.0760. The maximum absolute atomic E-state index is 11.8. The minimum Gasteiger partial charge on any atom is -0.385 e. The fraction of sp³-hybridized carbons (Fsp3) is 0.900. The molecule has 1 amide bonds. The SMILES string of the molecule is CCN(C(=O)C(N)CCOC)C1CC1. The number of ether oxygens (including phenoxy) is 1. The number of carbonyl (C=O) groups is 1. The summed E-state index contributed by atoms with van der Waals surface area (Å²) in [5, 5.41) is 0. The van der Waals surface area contributed by atoms with Crippen LogP contribution in [0, 0.1) is 0 Å². The third-order valence-electron chi connectivity index (χ3n) is 2.56. The lowest BCUT2D eigenvalue weighted by Gasteiger charge is -2.23. The number of hydrogen-bond donors (Lipinski definition) is 1. The van der Waals surface area contributed by atoms with Crippen molar-refractivity contribution in [1.82, 2.24) is 4.90 Å². The van der Waals surface area contributed by atoms with Crippen LogP contribution in [0.2, 0.25) is 0 Å². The first kappa shape index (κ1) is 11.5. The third-order valence-corrected chi connectivity index (χ3v) is 2.56. The standard InChI is InChI=1S/C10H20N2O2/c1-3-12(8-4-5-8)10(13)9(11)6-7-14-2/h8-9H,3-7,11H2,1-2H3. The zero-order valence-corrected chi connectivity index (χ0v) is 9.03. The van der Waals surface area contributed by atoms with E-state index in [1.165, 1.54) is 0 Å². The van der Waals surface area contributed by atoms with Crippen LogP contribution in [0.1, 0.15) is 26.2 Å². The van der Waals surface area contributed by atoms with Crippen LogP contribution in [0.15, 0.2) is 0 Å². The highest BCUT2D eigenvalue weighted by atomic mass is 16.5. The molecule has 1 unspecified atom stereocenters. The van der Waals surface area contributed by atoms with Gasteiger partial charge in [0.15, 0.2) is 0 Å². The van der Waals surface area contributed by atoms with Crippen LogP contribution in [-0.2, 0) is 9.53 Å². The van der Waals surface area contributed by atoms with Gasteiger partial charge in [0, 0.05) is 26.3 Å². The Morgan fingerprint density at radius 3 is 2.71 bits per heavy atom. The second kappa shape index (κ2) is 5.32. The average molecular weight is 200 g/mol. The van der Waals surface area contributed by atoms with Gasteiger partial charge >= 0.3 is 0 Å². The molecule has 1 aliphatic carbocycles. The molecule has 0 spiro atoms. The van der Waals surface area contributed by atoms with E-state index in [1.54, 1.807) is 7.11 Å². The fourth-order valence-electron chi connectivity index (χ4n) is 1.56. The summed E-state index contributed by atoms with van der Waals surface area (Å²) in [4.78, 5) is 13.7. The molecule has 1 atom stereocenters. The number of amides is 1. The zero-order chi connectivity index (χ0) is 10.6. The molecule has 1 rings (SSSR count). The van der Waals surface area contributed by atoms with E-state index >= 15 is 0 Å². The van der Waals surface area contributed by atoms with Gasteiger partial charge in [0.25, 0.3) is 0 Å². The van der Waals surface area contributed by atoms with E-state index in [4.69, 9.17) is 10.5 Å². The maximum atomic E-state index is 11.8. The summed E-state index contributed by atoms with van der Waals surface area (Å²) in [6.07, 6.45) is 2.88. The molecule has 82 valence electrons. The molecule has 4 heteroatoms. The summed E-state index contributed by atoms with van der Waals surface area (Å²) in [5.74, 6) is 0.0760. The van der Waals surface area contributed by atoms with E-state index in [9.17, 15) is 4.79 Å². The van der Waals surface area contributed by atoms with Gasteiger partial charge in [0.2, 0.25) is 5.91 Å². The van der Waals surface area contributed by atoms with Crippen LogP contribution in [0.5, 0.6) is 0 Å². The van der Waals surface area contributed by atoms with E-state index < -0.39 is 6.04 Å². The van der Waals surface area contributed by atoms with E-state index in [-0.39, 0.29) is 5.91 Å². The number of hydrogen-bond acceptors (Lipinski definition) is 3. The predicted molar refractivity (Wildman–Crippen MR) is 54.9 cm³/mol. The zero-order valence-electron chi connectivity index (χ0n) is 9.03. The monoisotopic (exact) mass is 200 g/mol. The molecule has 0 aromatic carbocycles. The lowest BCUT2D eigenvalue weighted by atomic mass is 10.2. The molecular formula is C10H20N2O2. The Bertz CT molecular complexity index is 193. The summed E-state index contributed by atoms with van der Waals surface area (Å²) >= 11 is 0. The number of carbonyl (C=O) groups excluding carboxylic acids is 1. The van der Waals surface area contributed by atoms with Crippen molar-refractivity contribution in [3.8, 4) is 0 Å². The van der Waals surface area contributed by atoms with Gasteiger partial charge in [-0.3, -0.25) is 4.79 Å². The molecule has 0 heterocycles. The van der Waals surface area contributed by atoms with Gasteiger partial charge in [0.1, 0.15) is 0 Å². The van der Waals surface area contributed by atoms with Crippen LogP contribution in [0.25, 0.3) is 0 Å². The second-order valence-electron chi connectivity index (χ2n) is 3.74. The fourth-order valence-corrected chi connectivity index (χ4v) is 1.56. The van der Waals surface area contributed by atoms with Gasteiger partial charge in [-0.15, -0.1) is 0 Å². The molecule has 0 bridgehead atoms. The minimum atomic E-state index is -0.393. The highest BCUT2D eigenvalue weighted by Gasteiger charge is 2.33. The van der Waals surface area contributed by atoms with E-state index in [0.29, 0.717) is 19.1 Å². The van der Waals surface area contributed by atoms with E-state index in [0.717, 1.165) is 19.4 Å². The van der Waals surface area contributed by atoms with Crippen molar-refractivity contribution in [2.75, 3.05) is 20.3 Å². The smallest absolute Gasteiger partial charge is 0.239 e. The van der Waals surface area contributed by atoms with E-state index in [2.05, 4.69) is 0 Å². The molecular weight excluding hydrogens is 180 g/mol. The molecule has 4 nitrogen and oxygen atoms in total. The van der Waals surface area contributed by atoms with Crippen LogP contribution in [0.3, 0.4) is 0 Å². The largest absolute Gasteiger partial charge is 0.385 e. The van der Waals surface area contributed by atoms with Gasteiger partial charge in [-0.05, 0) is 26.2 Å². The van der Waals surface area contributed by atoms with Crippen LogP contribution >= 0.6 is 0 Å². The normalized spacial score (nSPS) is 17.9. The number of nitrogens with zero attached hydrogens (tertiary/aromatic N) is 1. The van der Waals surface area contributed by atoms with Gasteiger partial charge in [-0.1, -0.05) is 0 Å². The molecule has 1 saturated carbocycles. The lowest BCUT2D eigenvalue weighted by Crippen LogP contribution is -2.45. The average Bonchev–Trinajstić information content (AvgIpc) is 2.99. The molecule has 2 N–H and O–H groups in total. The molecule has 1 aliphatic rings. The molecule has 0 aromatic rings. The highest BCUT2D eigenvalue weighted by Crippen LogP contribution is 2.26. The summed E-state index contributed by atoms with van der Waals surface area (Å²) < 4.78 is 4.90. The third kappa shape index (κ3) is 2.96. The van der Waals surface area contributed by atoms with Crippen molar-refractivity contribution >= 4 is 5.91 Å². The first-order valence-electron chi connectivity index (χ1n) is 5.25. The number of methoxy groups -OCH3 is 1. The number of nitrogens with two attached hydrogens (primary N) is 1. The summed E-state index contributed by atoms with van der Waals surface area (Å²) in [7, 11) is 1.62. The lowest BCUT2D eigenvalue weighted by molar-refractivity contribution is -0.133. The van der Waals surface area contributed by atoms with Crippen molar-refractivity contribution < 1.29 is 9.53 Å². The molecule has 1 fully saturated rings. The van der Waals surface area contributed by atoms with Crippen molar-refractivity contribution in [2.24, 2.45) is 5.73 Å². The Hall–Kier alpha value is -0.610. The predicted octanol–water partition coefficient (Wildman–Crippen LogP) is 0.361. The highest BCUT2D eigenvalue weighted by molar-refractivity contribution is 5.82. The van der Waals surface area contributed by atoms with E-state index in [1.807, 2.05) is 11.8 Å². The second-order valence-corrected chi connectivity index (χ2v) is 3.74. The van der Waals surface area contributed by atoms with Crippen molar-refractivity contribution in [3.63, 3.8) is 0 Å². The Balaban J connectivity index is 2.36. The van der Waals surface area contributed by atoms with Crippen LogP contribution < -0.4 is 5.73 Å². The Morgan fingerprint density at radius 1 is 1.64 bits per heavy atom. The molecule has 0 saturated heterocycles. The van der Waals surface area contributed by atoms with Crippen molar-refractivity contribution in [2.45, 2.75) is 38.3 Å². The first-order chi connectivity index (χ1) is 6.70. The van der Waals surface area contributed by atoms with Gasteiger partial charge in [-0.2, -0.15) is 0 Å².